The van der Waals surface area contributed by atoms with Crippen molar-refractivity contribution in [3.8, 4) is 0 Å². The number of carbonyl (C=O) groups excluding carboxylic acids is 1. The van der Waals surface area contributed by atoms with Crippen molar-refractivity contribution in [2.45, 2.75) is 31.3 Å². The molecule has 2 fully saturated rings. The van der Waals surface area contributed by atoms with E-state index in [4.69, 9.17) is 5.73 Å². The lowest BCUT2D eigenvalue weighted by Crippen LogP contribution is -2.35. The molecule has 2 heterocycles. The monoisotopic (exact) mass is 140 g/mol. The summed E-state index contributed by atoms with van der Waals surface area (Å²) in [5, 5.41) is 0. The summed E-state index contributed by atoms with van der Waals surface area (Å²) in [5.41, 5.74) is 5.79. The number of carbonyl (C=O) groups is 1. The Morgan fingerprint density at radius 2 is 2.30 bits per heavy atom. The summed E-state index contributed by atoms with van der Waals surface area (Å²) in [4.78, 5) is 13.0. The minimum absolute atomic E-state index is 0.256. The standard InChI is InChI=1S/C7H12N2O/c8-5-3-4-9-6(5)1-2-7(9)10/h5-6H,1-4,8H2/t5-,6+/m1/s1. The van der Waals surface area contributed by atoms with Gasteiger partial charge in [-0.3, -0.25) is 4.79 Å². The number of hydrogen-bond acceptors (Lipinski definition) is 2. The molecule has 56 valence electrons. The third-order valence-corrected chi connectivity index (χ3v) is 2.57. The van der Waals surface area contributed by atoms with Gasteiger partial charge < -0.3 is 10.6 Å². The molecule has 2 saturated heterocycles. The van der Waals surface area contributed by atoms with Gasteiger partial charge in [0.2, 0.25) is 5.91 Å². The second-order valence-corrected chi connectivity index (χ2v) is 3.15. The van der Waals surface area contributed by atoms with Crippen molar-refractivity contribution in [3.05, 3.63) is 0 Å². The fourth-order valence-electron chi connectivity index (χ4n) is 1.97. The van der Waals surface area contributed by atoms with Gasteiger partial charge in [0.05, 0.1) is 0 Å². The zero-order chi connectivity index (χ0) is 7.14. The third kappa shape index (κ3) is 0.669. The first-order valence-electron chi connectivity index (χ1n) is 3.84. The van der Waals surface area contributed by atoms with Crippen molar-refractivity contribution in [1.82, 2.24) is 4.90 Å². The topological polar surface area (TPSA) is 46.3 Å². The second-order valence-electron chi connectivity index (χ2n) is 3.15. The van der Waals surface area contributed by atoms with Crippen LogP contribution in [0.1, 0.15) is 19.3 Å². The van der Waals surface area contributed by atoms with E-state index in [0.29, 0.717) is 11.9 Å². The summed E-state index contributed by atoms with van der Waals surface area (Å²) in [6.45, 7) is 0.894. The zero-order valence-corrected chi connectivity index (χ0v) is 5.92. The van der Waals surface area contributed by atoms with E-state index in [-0.39, 0.29) is 6.04 Å². The molecule has 0 bridgehead atoms. The Kier molecular flexibility index (Phi) is 1.20. The van der Waals surface area contributed by atoms with Crippen molar-refractivity contribution >= 4 is 5.91 Å². The molecule has 2 aliphatic heterocycles. The maximum absolute atomic E-state index is 11.1. The van der Waals surface area contributed by atoms with Gasteiger partial charge in [-0.15, -0.1) is 0 Å². The molecule has 0 aromatic heterocycles. The normalized spacial score (nSPS) is 38.9. The summed E-state index contributed by atoms with van der Waals surface area (Å²) in [5.74, 6) is 0.304. The largest absolute Gasteiger partial charge is 0.338 e. The summed E-state index contributed by atoms with van der Waals surface area (Å²) in [6.07, 6.45) is 2.70. The van der Waals surface area contributed by atoms with Crippen LogP contribution in [0.4, 0.5) is 0 Å². The van der Waals surface area contributed by atoms with E-state index in [1.165, 1.54) is 0 Å². The van der Waals surface area contributed by atoms with E-state index in [0.717, 1.165) is 25.8 Å². The van der Waals surface area contributed by atoms with E-state index in [1.807, 2.05) is 4.90 Å². The third-order valence-electron chi connectivity index (χ3n) is 2.57. The Hall–Kier alpha value is -0.570. The van der Waals surface area contributed by atoms with Crippen LogP contribution in [0.3, 0.4) is 0 Å². The fourth-order valence-corrected chi connectivity index (χ4v) is 1.97. The average molecular weight is 140 g/mol. The van der Waals surface area contributed by atoms with Gasteiger partial charge in [0.15, 0.2) is 0 Å². The molecular formula is C7H12N2O. The van der Waals surface area contributed by atoms with Crippen molar-refractivity contribution in [2.24, 2.45) is 5.73 Å². The van der Waals surface area contributed by atoms with Gasteiger partial charge in [-0.05, 0) is 12.8 Å². The first-order chi connectivity index (χ1) is 4.79. The lowest BCUT2D eigenvalue weighted by Gasteiger charge is -2.16. The maximum Gasteiger partial charge on any atom is 0.222 e. The van der Waals surface area contributed by atoms with Crippen LogP contribution in [-0.2, 0) is 4.79 Å². The first kappa shape index (κ1) is 6.16. The Morgan fingerprint density at radius 1 is 1.50 bits per heavy atom. The van der Waals surface area contributed by atoms with Crippen LogP contribution in [0.15, 0.2) is 0 Å². The number of nitrogens with two attached hydrogens (primary N) is 1. The van der Waals surface area contributed by atoms with Gasteiger partial charge in [-0.2, -0.15) is 0 Å². The van der Waals surface area contributed by atoms with Crippen LogP contribution in [0, 0.1) is 0 Å². The lowest BCUT2D eigenvalue weighted by molar-refractivity contribution is -0.127. The molecular weight excluding hydrogens is 128 g/mol. The molecule has 3 nitrogen and oxygen atoms in total. The molecule has 2 rings (SSSR count). The maximum atomic E-state index is 11.1. The summed E-state index contributed by atoms with van der Waals surface area (Å²) in [7, 11) is 0. The minimum atomic E-state index is 0.256. The van der Waals surface area contributed by atoms with Crippen LogP contribution >= 0.6 is 0 Å². The highest BCUT2D eigenvalue weighted by molar-refractivity contribution is 5.79. The van der Waals surface area contributed by atoms with E-state index in [2.05, 4.69) is 0 Å². The van der Waals surface area contributed by atoms with Gasteiger partial charge in [-0.25, -0.2) is 0 Å². The van der Waals surface area contributed by atoms with E-state index < -0.39 is 0 Å². The van der Waals surface area contributed by atoms with Crippen molar-refractivity contribution in [3.63, 3.8) is 0 Å². The summed E-state index contributed by atoms with van der Waals surface area (Å²) < 4.78 is 0. The molecule has 2 atom stereocenters. The highest BCUT2D eigenvalue weighted by Gasteiger charge is 2.39. The molecule has 1 amide bonds. The van der Waals surface area contributed by atoms with Crippen molar-refractivity contribution in [2.75, 3.05) is 6.54 Å². The predicted molar refractivity (Wildman–Crippen MR) is 37.3 cm³/mol. The predicted octanol–water partition coefficient (Wildman–Crippen LogP) is -0.292. The van der Waals surface area contributed by atoms with Crippen LogP contribution in [0.25, 0.3) is 0 Å². The van der Waals surface area contributed by atoms with Crippen LogP contribution in [0.5, 0.6) is 0 Å². The molecule has 0 spiro atoms. The molecule has 2 aliphatic rings. The van der Waals surface area contributed by atoms with Gasteiger partial charge >= 0.3 is 0 Å². The zero-order valence-electron chi connectivity index (χ0n) is 5.92. The molecule has 0 unspecified atom stereocenters. The molecule has 0 radical (unpaired) electrons. The summed E-state index contributed by atoms with van der Waals surface area (Å²) >= 11 is 0. The molecule has 0 saturated carbocycles. The quantitative estimate of drug-likeness (QED) is 0.502. The van der Waals surface area contributed by atoms with Gasteiger partial charge in [0.1, 0.15) is 0 Å². The van der Waals surface area contributed by atoms with Gasteiger partial charge in [0.25, 0.3) is 0 Å². The molecule has 0 aliphatic carbocycles. The van der Waals surface area contributed by atoms with E-state index >= 15 is 0 Å². The second kappa shape index (κ2) is 1.95. The van der Waals surface area contributed by atoms with Crippen LogP contribution < -0.4 is 5.73 Å². The SMILES string of the molecule is N[C@@H]1CCN2C(=O)CC[C@@H]12. The molecule has 2 N–H and O–H groups in total. The Morgan fingerprint density at radius 3 is 3.00 bits per heavy atom. The Labute approximate surface area is 60.2 Å². The highest BCUT2D eigenvalue weighted by Crippen LogP contribution is 2.27. The number of amides is 1. The number of hydrogen-bond donors (Lipinski definition) is 1. The van der Waals surface area contributed by atoms with Gasteiger partial charge in [-0.1, -0.05) is 0 Å². The first-order valence-corrected chi connectivity index (χ1v) is 3.84. The average Bonchev–Trinajstić information content (AvgIpc) is 2.41. The van der Waals surface area contributed by atoms with Gasteiger partial charge in [0, 0.05) is 25.0 Å². The van der Waals surface area contributed by atoms with Crippen LogP contribution in [0.2, 0.25) is 0 Å². The molecule has 3 heteroatoms. The van der Waals surface area contributed by atoms with E-state index in [9.17, 15) is 4.79 Å². The Balaban J connectivity index is 2.16. The smallest absolute Gasteiger partial charge is 0.222 e. The number of fused-ring (bicyclic) bond motifs is 1. The fraction of sp³-hybridized carbons (Fsp3) is 0.857. The highest BCUT2D eigenvalue weighted by atomic mass is 16.2. The number of nitrogens with zero attached hydrogens (tertiary/aromatic N) is 1. The Bertz CT molecular complexity index is 169. The lowest BCUT2D eigenvalue weighted by atomic mass is 10.1. The van der Waals surface area contributed by atoms with E-state index in [1.54, 1.807) is 0 Å². The number of rotatable bonds is 0. The van der Waals surface area contributed by atoms with Crippen molar-refractivity contribution < 1.29 is 4.79 Å². The molecule has 0 aromatic carbocycles. The molecule has 10 heavy (non-hydrogen) atoms. The van der Waals surface area contributed by atoms with Crippen molar-refractivity contribution in [1.29, 1.82) is 0 Å². The summed E-state index contributed by atoms with van der Waals surface area (Å²) in [6, 6.07) is 0.638. The minimum Gasteiger partial charge on any atom is -0.338 e. The molecule has 0 aromatic rings. The van der Waals surface area contributed by atoms with Crippen LogP contribution in [-0.4, -0.2) is 29.4 Å².